The van der Waals surface area contributed by atoms with Crippen molar-refractivity contribution >= 4 is 34.4 Å². The molecule has 0 unspecified atom stereocenters. The first-order valence-corrected chi connectivity index (χ1v) is 5.42. The van der Waals surface area contributed by atoms with Crippen LogP contribution in [-0.4, -0.2) is 25.1 Å². The third kappa shape index (κ3) is 3.01. The van der Waals surface area contributed by atoms with Crippen molar-refractivity contribution in [2.24, 2.45) is 10.2 Å². The van der Waals surface area contributed by atoms with Gasteiger partial charge in [0.15, 0.2) is 0 Å². The van der Waals surface area contributed by atoms with Crippen LogP contribution in [0.1, 0.15) is 0 Å². The molecular weight excluding hydrogens is 320 g/mol. The summed E-state index contributed by atoms with van der Waals surface area (Å²) in [7, 11) is 0. The average Bonchev–Trinajstić information content (AvgIpc) is 2.89. The fraction of sp³-hybridized carbons (Fsp3) is 0. The van der Waals surface area contributed by atoms with Gasteiger partial charge in [0.25, 0.3) is 11.5 Å². The van der Waals surface area contributed by atoms with Crippen LogP contribution in [0.4, 0.5) is 34.4 Å². The van der Waals surface area contributed by atoms with E-state index in [0.717, 1.165) is 0 Å². The number of aromatic nitrogens is 2. The maximum atomic E-state index is 11.0. The molecule has 0 aliphatic carbocycles. The highest BCUT2D eigenvalue weighted by Crippen LogP contribution is 2.41. The molecule has 0 radical (unpaired) electrons. The molecule has 2 N–H and O–H groups in total. The Bertz CT molecular complexity index is 808. The van der Waals surface area contributed by atoms with Crippen LogP contribution in [-0.2, 0) is 0 Å². The highest BCUT2D eigenvalue weighted by Gasteiger charge is 2.31. The quantitative estimate of drug-likeness (QED) is 0.476. The number of non-ortho nitro benzene ring substituents is 1. The lowest BCUT2D eigenvalue weighted by Crippen LogP contribution is -1.97. The molecule has 1 aromatic carbocycles. The van der Waals surface area contributed by atoms with Crippen molar-refractivity contribution in [3.63, 3.8) is 0 Å². The fourth-order valence-electron chi connectivity index (χ4n) is 1.43. The number of hydrogen-bond donors (Lipinski definition) is 1. The van der Waals surface area contributed by atoms with Gasteiger partial charge in [-0.05, 0) is 10.3 Å². The molecule has 2 rings (SSSR count). The maximum absolute atomic E-state index is 11.0. The molecule has 2 aromatic rings. The van der Waals surface area contributed by atoms with E-state index in [1.54, 1.807) is 0 Å². The topological polar surface area (TPSA) is 219 Å². The number of rotatable bonds is 5. The van der Waals surface area contributed by atoms with Crippen molar-refractivity contribution in [3.05, 3.63) is 42.5 Å². The number of anilines is 1. The number of nitrogens with two attached hydrogens (primary N) is 1. The van der Waals surface area contributed by atoms with E-state index in [1.165, 1.54) is 0 Å². The van der Waals surface area contributed by atoms with Gasteiger partial charge in [0, 0.05) is 0 Å². The Balaban J connectivity index is 2.66. The second-order valence-electron chi connectivity index (χ2n) is 3.78. The van der Waals surface area contributed by atoms with Crippen molar-refractivity contribution in [1.82, 2.24) is 10.3 Å². The van der Waals surface area contributed by atoms with Gasteiger partial charge in [-0.3, -0.25) is 30.3 Å². The first kappa shape index (κ1) is 15.4. The summed E-state index contributed by atoms with van der Waals surface area (Å²) < 4.78 is 4.20. The average molecular weight is 324 g/mol. The minimum absolute atomic E-state index is 0.305. The zero-order valence-corrected chi connectivity index (χ0v) is 10.7. The fourth-order valence-corrected chi connectivity index (χ4v) is 1.43. The molecule has 1 heterocycles. The van der Waals surface area contributed by atoms with Gasteiger partial charge in [-0.25, -0.2) is 4.63 Å². The number of hydrogen-bond acceptors (Lipinski definition) is 12. The van der Waals surface area contributed by atoms with Crippen LogP contribution in [0.25, 0.3) is 0 Å². The highest BCUT2D eigenvalue weighted by molar-refractivity contribution is 5.73. The van der Waals surface area contributed by atoms with Crippen molar-refractivity contribution in [2.75, 3.05) is 5.73 Å². The number of benzene rings is 1. The molecule has 0 fully saturated rings. The first-order chi connectivity index (χ1) is 10.8. The molecule has 0 amide bonds. The van der Waals surface area contributed by atoms with E-state index in [9.17, 15) is 30.3 Å². The molecule has 15 heteroatoms. The minimum Gasteiger partial charge on any atom is -0.378 e. The standard InChI is InChI=1S/C8H4N8O7/c9-7-8(13-23-12-7)11-10-6-4(15(19)20)1-3(14(17)18)2-5(6)16(21)22/h1-2H,(H2,9,12). The van der Waals surface area contributed by atoms with E-state index in [2.05, 4.69) is 25.2 Å². The zero-order chi connectivity index (χ0) is 17.1. The van der Waals surface area contributed by atoms with Crippen LogP contribution in [0.3, 0.4) is 0 Å². The normalized spacial score (nSPS) is 10.8. The largest absolute Gasteiger partial charge is 0.378 e. The predicted molar refractivity (Wildman–Crippen MR) is 69.3 cm³/mol. The van der Waals surface area contributed by atoms with Gasteiger partial charge in [0.05, 0.1) is 26.9 Å². The third-order valence-electron chi connectivity index (χ3n) is 2.40. The summed E-state index contributed by atoms with van der Waals surface area (Å²) in [4.78, 5) is 29.5. The van der Waals surface area contributed by atoms with Crippen molar-refractivity contribution < 1.29 is 19.4 Å². The minimum atomic E-state index is -1.07. The molecule has 0 saturated carbocycles. The molecule has 1 aromatic heterocycles. The van der Waals surface area contributed by atoms with Gasteiger partial charge >= 0.3 is 11.4 Å². The van der Waals surface area contributed by atoms with Gasteiger partial charge in [-0.15, -0.1) is 10.2 Å². The van der Waals surface area contributed by atoms with Crippen molar-refractivity contribution in [3.8, 4) is 0 Å². The lowest BCUT2D eigenvalue weighted by Gasteiger charge is -1.99. The SMILES string of the molecule is Nc1nonc1N=Nc1c([N+](=O)[O-])cc([N+](=O)[O-])cc1[N+](=O)[O-]. The third-order valence-corrected chi connectivity index (χ3v) is 2.40. The number of azo groups is 1. The van der Waals surface area contributed by atoms with Gasteiger partial charge in [0.2, 0.25) is 11.5 Å². The van der Waals surface area contributed by atoms with E-state index in [4.69, 9.17) is 5.73 Å². The van der Waals surface area contributed by atoms with E-state index >= 15 is 0 Å². The summed E-state index contributed by atoms with van der Waals surface area (Å²) in [6.45, 7) is 0. The molecule has 0 aliphatic heterocycles. The van der Waals surface area contributed by atoms with Gasteiger partial charge in [-0.2, -0.15) is 0 Å². The Morgan fingerprint density at radius 3 is 1.91 bits per heavy atom. The van der Waals surface area contributed by atoms with Crippen LogP contribution in [0, 0.1) is 30.3 Å². The lowest BCUT2D eigenvalue weighted by molar-refractivity contribution is -0.402. The zero-order valence-electron chi connectivity index (χ0n) is 10.7. The molecule has 0 atom stereocenters. The lowest BCUT2D eigenvalue weighted by atomic mass is 10.2. The molecule has 118 valence electrons. The Morgan fingerprint density at radius 2 is 1.52 bits per heavy atom. The number of nitro groups is 3. The molecule has 0 saturated heterocycles. The highest BCUT2D eigenvalue weighted by atomic mass is 16.6. The van der Waals surface area contributed by atoms with E-state index < -0.39 is 37.5 Å². The van der Waals surface area contributed by atoms with Gasteiger partial charge < -0.3 is 5.73 Å². The van der Waals surface area contributed by atoms with Crippen LogP contribution >= 0.6 is 0 Å². The summed E-state index contributed by atoms with van der Waals surface area (Å²) in [5.74, 6) is -0.673. The Labute approximate surface area is 123 Å². The summed E-state index contributed by atoms with van der Waals surface area (Å²) >= 11 is 0. The monoisotopic (exact) mass is 324 g/mol. The predicted octanol–water partition coefficient (Wildman–Crippen LogP) is 1.79. The van der Waals surface area contributed by atoms with Crippen LogP contribution in [0.2, 0.25) is 0 Å². The van der Waals surface area contributed by atoms with E-state index in [0.29, 0.717) is 12.1 Å². The van der Waals surface area contributed by atoms with Gasteiger partial charge in [-0.1, -0.05) is 0 Å². The Morgan fingerprint density at radius 1 is 0.957 bits per heavy atom. The summed E-state index contributed by atoms with van der Waals surface area (Å²) in [6.07, 6.45) is 0. The first-order valence-electron chi connectivity index (χ1n) is 5.42. The summed E-state index contributed by atoms with van der Waals surface area (Å²) in [6, 6.07) is 1.04. The Hall–Kier alpha value is -4.04. The number of nitrogens with zero attached hydrogens (tertiary/aromatic N) is 7. The van der Waals surface area contributed by atoms with E-state index in [1.807, 2.05) is 0 Å². The maximum Gasteiger partial charge on any atom is 0.310 e. The molecule has 23 heavy (non-hydrogen) atoms. The van der Waals surface area contributed by atoms with E-state index in [-0.39, 0.29) is 11.6 Å². The smallest absolute Gasteiger partial charge is 0.310 e. The van der Waals surface area contributed by atoms with Crippen molar-refractivity contribution in [1.29, 1.82) is 0 Å². The number of nitro benzene ring substituents is 3. The summed E-state index contributed by atoms with van der Waals surface area (Å²) in [5.41, 5.74) is 1.67. The Kier molecular flexibility index (Phi) is 3.84. The van der Waals surface area contributed by atoms with Crippen LogP contribution < -0.4 is 5.73 Å². The molecule has 0 aliphatic rings. The second kappa shape index (κ2) is 5.76. The molecule has 15 nitrogen and oxygen atoms in total. The van der Waals surface area contributed by atoms with Crippen LogP contribution in [0.15, 0.2) is 27.0 Å². The molecule has 0 bridgehead atoms. The molecule has 0 spiro atoms. The van der Waals surface area contributed by atoms with Crippen LogP contribution in [0.5, 0.6) is 0 Å². The number of nitrogen functional groups attached to an aromatic ring is 1. The second-order valence-corrected chi connectivity index (χ2v) is 3.78. The summed E-state index contributed by atoms with van der Waals surface area (Å²) in [5, 5.41) is 45.7. The molecular formula is C8H4N8O7. The van der Waals surface area contributed by atoms with Crippen molar-refractivity contribution in [2.45, 2.75) is 0 Å². The van der Waals surface area contributed by atoms with Gasteiger partial charge in [0.1, 0.15) is 0 Å².